The quantitative estimate of drug-likeness (QED) is 0.214. The summed E-state index contributed by atoms with van der Waals surface area (Å²) in [5.74, 6) is 1.47. The zero-order valence-corrected chi connectivity index (χ0v) is 20.9. The number of fused-ring (bicyclic) bond motifs is 1. The van der Waals surface area contributed by atoms with Crippen LogP contribution >= 0.6 is 11.6 Å². The van der Waals surface area contributed by atoms with Crippen LogP contribution in [0, 0.1) is 6.92 Å². The van der Waals surface area contributed by atoms with E-state index in [9.17, 15) is 0 Å². The van der Waals surface area contributed by atoms with Crippen LogP contribution in [0.3, 0.4) is 0 Å². The number of nitrogens with one attached hydrogen (secondary N) is 1. The monoisotopic (exact) mass is 476 g/mol. The van der Waals surface area contributed by atoms with Crippen LogP contribution in [0.1, 0.15) is 37.5 Å². The molecule has 0 aliphatic carbocycles. The lowest BCUT2D eigenvalue weighted by molar-refractivity contribution is 0.178. The van der Waals surface area contributed by atoms with Gasteiger partial charge in [0.2, 0.25) is 5.69 Å². The van der Waals surface area contributed by atoms with E-state index >= 15 is 0 Å². The Kier molecular flexibility index (Phi) is 7.41. The summed E-state index contributed by atoms with van der Waals surface area (Å²) in [5, 5.41) is 9.07. The van der Waals surface area contributed by atoms with Crippen molar-refractivity contribution < 1.29 is 4.74 Å². The first-order chi connectivity index (χ1) is 16.4. The highest BCUT2D eigenvalue weighted by Gasteiger charge is 2.49. The number of quaternary nitrogens is 1. The standard InChI is InChI=1S/C27H31ClN5O/c1-5-34-18-23-30-24-25(33(23,32-19(2)3)17-22-14-10-7-11-15-22)20(4)26(28)31-27(24)29-16-21-12-8-6-9-13-21/h6-15H,5,16-18H2,1-4H3,(H,29,31)/q+1. The van der Waals surface area contributed by atoms with Gasteiger partial charge in [0, 0.05) is 18.7 Å². The Morgan fingerprint density at radius 2 is 1.68 bits per heavy atom. The number of hydrogen-bond acceptors (Lipinski definition) is 5. The summed E-state index contributed by atoms with van der Waals surface area (Å²) < 4.78 is 6.06. The molecule has 2 aromatic carbocycles. The van der Waals surface area contributed by atoms with E-state index in [0.717, 1.165) is 39.6 Å². The van der Waals surface area contributed by atoms with Gasteiger partial charge in [0.25, 0.3) is 5.84 Å². The van der Waals surface area contributed by atoms with Crippen molar-refractivity contribution >= 4 is 40.3 Å². The number of aromatic nitrogens is 1. The van der Waals surface area contributed by atoms with Crippen molar-refractivity contribution in [1.29, 1.82) is 0 Å². The van der Waals surface area contributed by atoms with E-state index in [-0.39, 0.29) is 4.59 Å². The lowest BCUT2D eigenvalue weighted by Gasteiger charge is -2.30. The topological polar surface area (TPSA) is 58.9 Å². The van der Waals surface area contributed by atoms with Crippen molar-refractivity contribution in [3.05, 3.63) is 82.5 Å². The van der Waals surface area contributed by atoms with Crippen LogP contribution in [0.2, 0.25) is 5.15 Å². The van der Waals surface area contributed by atoms with E-state index in [0.29, 0.717) is 37.3 Å². The minimum Gasteiger partial charge on any atom is -0.369 e. The first kappa shape index (κ1) is 24.1. The molecule has 1 unspecified atom stereocenters. The molecule has 0 bridgehead atoms. The molecule has 7 heteroatoms. The lowest BCUT2D eigenvalue weighted by Crippen LogP contribution is -2.49. The van der Waals surface area contributed by atoms with Crippen molar-refractivity contribution in [1.82, 2.24) is 9.58 Å². The fraction of sp³-hybridized carbons (Fsp3) is 0.296. The fourth-order valence-corrected chi connectivity index (χ4v) is 4.44. The van der Waals surface area contributed by atoms with E-state index in [1.807, 2.05) is 64.1 Å². The maximum atomic E-state index is 6.71. The van der Waals surface area contributed by atoms with Gasteiger partial charge in [0.1, 0.15) is 18.3 Å². The Hall–Kier alpha value is -3.06. The summed E-state index contributed by atoms with van der Waals surface area (Å²) in [6.45, 7) is 10.2. The van der Waals surface area contributed by atoms with Crippen molar-refractivity contribution in [2.45, 2.75) is 40.8 Å². The van der Waals surface area contributed by atoms with Gasteiger partial charge in [-0.3, -0.25) is 0 Å². The van der Waals surface area contributed by atoms with E-state index in [4.69, 9.17) is 26.4 Å². The number of ether oxygens (including phenoxy) is 1. The van der Waals surface area contributed by atoms with Crippen LogP contribution in [0.15, 0.2) is 70.8 Å². The zero-order chi connectivity index (χ0) is 24.1. The van der Waals surface area contributed by atoms with Crippen LogP contribution in [0.5, 0.6) is 0 Å². The minimum absolute atomic E-state index is 0.190. The molecule has 0 radical (unpaired) electrons. The number of hydrogen-bond donors (Lipinski definition) is 1. The predicted molar refractivity (Wildman–Crippen MR) is 142 cm³/mol. The Labute approximate surface area is 206 Å². The summed E-state index contributed by atoms with van der Waals surface area (Å²) in [7, 11) is 0. The number of benzene rings is 2. The van der Waals surface area contributed by atoms with Gasteiger partial charge in [0.15, 0.2) is 11.5 Å². The fourth-order valence-electron chi connectivity index (χ4n) is 4.26. The minimum atomic E-state index is 0.190. The third-order valence-electron chi connectivity index (χ3n) is 5.72. The zero-order valence-electron chi connectivity index (χ0n) is 20.2. The molecule has 1 aliphatic heterocycles. The van der Waals surface area contributed by atoms with Crippen LogP contribution in [0.4, 0.5) is 17.2 Å². The molecule has 6 nitrogen and oxygen atoms in total. The second kappa shape index (κ2) is 10.5. The molecule has 1 atom stereocenters. The summed E-state index contributed by atoms with van der Waals surface area (Å²) in [4.78, 5) is 9.75. The first-order valence-electron chi connectivity index (χ1n) is 11.5. The Bertz CT molecular complexity index is 1210. The van der Waals surface area contributed by atoms with Crippen LogP contribution < -0.4 is 9.91 Å². The van der Waals surface area contributed by atoms with E-state index in [1.54, 1.807) is 0 Å². The number of anilines is 1. The molecule has 4 rings (SSSR count). The Morgan fingerprint density at radius 3 is 2.29 bits per heavy atom. The van der Waals surface area contributed by atoms with Crippen LogP contribution in [0.25, 0.3) is 0 Å². The number of nitrogens with zero attached hydrogens (tertiary/aromatic N) is 4. The van der Waals surface area contributed by atoms with Crippen LogP contribution in [-0.4, -0.2) is 29.7 Å². The van der Waals surface area contributed by atoms with Gasteiger partial charge >= 0.3 is 0 Å². The molecule has 2 heterocycles. The Morgan fingerprint density at radius 1 is 1.03 bits per heavy atom. The van der Waals surface area contributed by atoms with Gasteiger partial charge in [0.05, 0.1) is 11.3 Å². The highest BCUT2D eigenvalue weighted by Crippen LogP contribution is 2.50. The number of amidine groups is 1. The van der Waals surface area contributed by atoms with Crippen molar-refractivity contribution in [3.8, 4) is 0 Å². The molecule has 34 heavy (non-hydrogen) atoms. The van der Waals surface area contributed by atoms with Gasteiger partial charge in [-0.1, -0.05) is 77.4 Å². The maximum absolute atomic E-state index is 6.71. The molecule has 0 saturated heterocycles. The summed E-state index contributed by atoms with van der Waals surface area (Å²) in [6.07, 6.45) is 0. The second-order valence-electron chi connectivity index (χ2n) is 8.54. The van der Waals surface area contributed by atoms with Crippen molar-refractivity contribution in [3.63, 3.8) is 0 Å². The molecular formula is C27H31ClN5O+. The van der Waals surface area contributed by atoms with Crippen molar-refractivity contribution in [2.75, 3.05) is 18.5 Å². The number of rotatable bonds is 9. The van der Waals surface area contributed by atoms with Gasteiger partial charge in [-0.2, -0.15) is 4.99 Å². The largest absolute Gasteiger partial charge is 0.369 e. The average Bonchev–Trinajstić information content (AvgIpc) is 3.13. The number of halogens is 1. The normalized spacial score (nSPS) is 16.7. The lowest BCUT2D eigenvalue weighted by atomic mass is 10.1. The third kappa shape index (κ3) is 4.89. The third-order valence-corrected chi connectivity index (χ3v) is 6.09. The molecule has 0 amide bonds. The summed E-state index contributed by atoms with van der Waals surface area (Å²) >= 11 is 6.71. The molecule has 1 aromatic heterocycles. The average molecular weight is 477 g/mol. The van der Waals surface area contributed by atoms with Gasteiger partial charge in [-0.15, -0.1) is 4.59 Å². The number of aliphatic imine (C=N–C) groups is 1. The van der Waals surface area contributed by atoms with Gasteiger partial charge in [-0.05, 0) is 33.3 Å². The smallest absolute Gasteiger partial charge is 0.262 e. The highest BCUT2D eigenvalue weighted by atomic mass is 35.5. The molecule has 0 fully saturated rings. The highest BCUT2D eigenvalue weighted by molar-refractivity contribution is 6.31. The Balaban J connectivity index is 1.88. The van der Waals surface area contributed by atoms with E-state index < -0.39 is 0 Å². The summed E-state index contributed by atoms with van der Waals surface area (Å²) in [5.41, 5.74) is 5.83. The SMILES string of the molecule is CCOCC1=Nc2c(NCc3ccccc3)nc(Cl)c(C)c2[N+]1(Cc1ccccc1)N=C(C)C. The molecule has 1 N–H and O–H groups in total. The second-order valence-corrected chi connectivity index (χ2v) is 8.90. The van der Waals surface area contributed by atoms with Crippen molar-refractivity contribution in [2.24, 2.45) is 10.1 Å². The van der Waals surface area contributed by atoms with E-state index in [1.165, 1.54) is 0 Å². The molecule has 1 aliphatic rings. The van der Waals surface area contributed by atoms with Gasteiger partial charge in [-0.25, -0.2) is 4.98 Å². The summed E-state index contributed by atoms with van der Waals surface area (Å²) in [6, 6.07) is 20.5. The molecule has 3 aromatic rings. The molecule has 0 spiro atoms. The van der Waals surface area contributed by atoms with Gasteiger partial charge < -0.3 is 10.1 Å². The predicted octanol–water partition coefficient (Wildman–Crippen LogP) is 6.64. The molecular weight excluding hydrogens is 446 g/mol. The molecule has 176 valence electrons. The van der Waals surface area contributed by atoms with E-state index in [2.05, 4.69) is 34.6 Å². The first-order valence-corrected chi connectivity index (χ1v) is 11.9. The van der Waals surface area contributed by atoms with Crippen LogP contribution in [-0.2, 0) is 17.8 Å². The number of pyridine rings is 1. The maximum Gasteiger partial charge on any atom is 0.262 e. The molecule has 0 saturated carbocycles.